The van der Waals surface area contributed by atoms with Gasteiger partial charge in [-0.2, -0.15) is 4.98 Å². The van der Waals surface area contributed by atoms with Gasteiger partial charge in [0.2, 0.25) is 0 Å². The highest BCUT2D eigenvalue weighted by Crippen LogP contribution is 2.38. The Hall–Kier alpha value is -4.81. The molecule has 12 nitrogen and oxygen atoms in total. The Morgan fingerprint density at radius 2 is 1.88 bits per heavy atom. The van der Waals surface area contributed by atoms with Gasteiger partial charge in [-0.25, -0.2) is 9.97 Å². The Kier molecular flexibility index (Phi) is 7.78. The lowest BCUT2D eigenvalue weighted by molar-refractivity contribution is 0.0649. The molecule has 3 aromatic heterocycles. The Morgan fingerprint density at radius 3 is 2.63 bits per heavy atom. The van der Waals surface area contributed by atoms with Crippen molar-refractivity contribution in [3.63, 3.8) is 0 Å². The number of nitrogens with zero attached hydrogens (tertiary/aromatic N) is 6. The zero-order valence-electron chi connectivity index (χ0n) is 24.2. The number of aliphatic hydroxyl groups excluding tert-OH is 1. The summed E-state index contributed by atoms with van der Waals surface area (Å²) < 4.78 is 11.1. The maximum absolute atomic E-state index is 13.0. The summed E-state index contributed by atoms with van der Waals surface area (Å²) in [6, 6.07) is 14.6. The summed E-state index contributed by atoms with van der Waals surface area (Å²) in [6.07, 6.45) is 3.36. The van der Waals surface area contributed by atoms with Gasteiger partial charge in [-0.15, -0.1) is 6.58 Å². The fourth-order valence-corrected chi connectivity index (χ4v) is 5.40. The van der Waals surface area contributed by atoms with Gasteiger partial charge in [-0.05, 0) is 36.7 Å². The second-order valence-corrected chi connectivity index (χ2v) is 10.9. The van der Waals surface area contributed by atoms with E-state index in [4.69, 9.17) is 14.2 Å². The minimum absolute atomic E-state index is 0.0696. The molecule has 5 heterocycles. The van der Waals surface area contributed by atoms with E-state index in [2.05, 4.69) is 32.3 Å². The number of aromatic nitrogens is 4. The molecule has 0 unspecified atom stereocenters. The average molecular weight is 583 g/mol. The van der Waals surface area contributed by atoms with Crippen molar-refractivity contribution in [1.82, 2.24) is 25.0 Å². The molecule has 0 bridgehead atoms. The third kappa shape index (κ3) is 5.54. The minimum Gasteiger partial charge on any atom is -0.394 e. The van der Waals surface area contributed by atoms with Crippen molar-refractivity contribution >= 4 is 29.2 Å². The second-order valence-electron chi connectivity index (χ2n) is 10.9. The number of nitrogens with one attached hydrogen (secondary N) is 2. The molecule has 2 aliphatic heterocycles. The fraction of sp³-hybridized carbons (Fsp3) is 0.323. The molecule has 1 saturated heterocycles. The summed E-state index contributed by atoms with van der Waals surface area (Å²) >= 11 is 0. The maximum atomic E-state index is 13.0. The topological polar surface area (TPSA) is 142 Å². The molecule has 222 valence electrons. The monoisotopic (exact) mass is 582 g/mol. The van der Waals surface area contributed by atoms with E-state index >= 15 is 0 Å². The number of morpholine rings is 1. The Labute approximate surface area is 249 Å². The first kappa shape index (κ1) is 28.3. The first-order valence-electron chi connectivity index (χ1n) is 14.2. The van der Waals surface area contributed by atoms with Crippen LogP contribution in [0.2, 0.25) is 0 Å². The molecule has 1 fully saturated rings. The van der Waals surface area contributed by atoms with Gasteiger partial charge in [0.1, 0.15) is 11.6 Å². The SMILES string of the molecule is C=CCN1C(=O)c2ccc(Nc3cc(N[C@H](CO)c4ccccc4)c(-c4nc(N5CCOCC5)no4)cn3)nc2C1(C)C. The molecule has 1 amide bonds. The van der Waals surface area contributed by atoms with Crippen molar-refractivity contribution in [1.29, 1.82) is 0 Å². The fourth-order valence-electron chi connectivity index (χ4n) is 5.40. The Bertz CT molecular complexity index is 1620. The predicted octanol–water partition coefficient (Wildman–Crippen LogP) is 4.13. The normalized spacial score (nSPS) is 16.6. The van der Waals surface area contributed by atoms with E-state index in [0.29, 0.717) is 78.8 Å². The molecule has 12 heteroatoms. The number of fused-ring (bicyclic) bond motifs is 1. The third-order valence-electron chi connectivity index (χ3n) is 7.75. The molecule has 0 aliphatic carbocycles. The van der Waals surface area contributed by atoms with Gasteiger partial charge < -0.3 is 34.8 Å². The van der Waals surface area contributed by atoms with Crippen LogP contribution in [0.3, 0.4) is 0 Å². The number of aliphatic hydroxyl groups is 1. The van der Waals surface area contributed by atoms with Gasteiger partial charge in [0.15, 0.2) is 0 Å². The van der Waals surface area contributed by atoms with Gasteiger partial charge >= 0.3 is 0 Å². The smallest absolute Gasteiger partial charge is 0.266 e. The molecule has 0 spiro atoms. The first-order valence-corrected chi connectivity index (χ1v) is 14.2. The van der Waals surface area contributed by atoms with E-state index in [1.54, 1.807) is 29.3 Å². The number of hydrogen-bond donors (Lipinski definition) is 3. The van der Waals surface area contributed by atoms with Crippen LogP contribution in [0.25, 0.3) is 11.5 Å². The standard InChI is InChI=1S/C31H34N8O4/c1-4-12-39-29(41)21-10-11-25(35-27(21)31(39,2)3)34-26-17-23(33-24(19-40)20-8-6-5-7-9-20)22(18-32-26)28-36-30(37-43-28)38-13-15-42-16-14-38/h4-11,17-18,24,40H,1,12-16,19H2,2-3H3,(H2,32,33,34,35)/t24-/m1/s1. The van der Waals surface area contributed by atoms with E-state index in [9.17, 15) is 9.90 Å². The van der Waals surface area contributed by atoms with Crippen LogP contribution < -0.4 is 15.5 Å². The number of pyridine rings is 2. The molecular weight excluding hydrogens is 548 g/mol. The summed E-state index contributed by atoms with van der Waals surface area (Å²) in [5.74, 6) is 1.76. The first-order chi connectivity index (χ1) is 20.9. The van der Waals surface area contributed by atoms with Crippen molar-refractivity contribution < 1.29 is 19.2 Å². The highest BCUT2D eigenvalue weighted by atomic mass is 16.5. The second kappa shape index (κ2) is 11.8. The number of ether oxygens (including phenoxy) is 1. The molecule has 2 aliphatic rings. The van der Waals surface area contributed by atoms with Crippen LogP contribution in [0.4, 0.5) is 23.3 Å². The molecule has 4 aromatic rings. The van der Waals surface area contributed by atoms with Crippen LogP contribution in [-0.2, 0) is 10.3 Å². The highest BCUT2D eigenvalue weighted by molar-refractivity contribution is 5.99. The van der Waals surface area contributed by atoms with Crippen LogP contribution >= 0.6 is 0 Å². The summed E-state index contributed by atoms with van der Waals surface area (Å²) in [4.78, 5) is 30.8. The van der Waals surface area contributed by atoms with Gasteiger partial charge in [0, 0.05) is 31.9 Å². The van der Waals surface area contributed by atoms with Crippen LogP contribution in [0, 0.1) is 0 Å². The highest BCUT2D eigenvalue weighted by Gasteiger charge is 2.43. The average Bonchev–Trinajstić information content (AvgIpc) is 3.59. The molecular formula is C31H34N8O4. The van der Waals surface area contributed by atoms with Crippen molar-refractivity contribution in [2.45, 2.75) is 25.4 Å². The molecule has 1 aromatic carbocycles. The number of rotatable bonds is 10. The third-order valence-corrected chi connectivity index (χ3v) is 7.75. The zero-order valence-corrected chi connectivity index (χ0v) is 24.2. The summed E-state index contributed by atoms with van der Waals surface area (Å²) in [6.45, 7) is 10.6. The van der Waals surface area contributed by atoms with Crippen molar-refractivity contribution in [2.24, 2.45) is 0 Å². The van der Waals surface area contributed by atoms with Crippen molar-refractivity contribution in [2.75, 3.05) is 55.0 Å². The van der Waals surface area contributed by atoms with Crippen molar-refractivity contribution in [3.05, 3.63) is 84.2 Å². The Balaban J connectivity index is 1.33. The van der Waals surface area contributed by atoms with E-state index in [1.807, 2.05) is 55.1 Å². The molecule has 1 atom stereocenters. The number of anilines is 4. The molecule has 0 saturated carbocycles. The lowest BCUT2D eigenvalue weighted by Crippen LogP contribution is -2.39. The van der Waals surface area contributed by atoms with Crippen molar-refractivity contribution in [3.8, 4) is 11.5 Å². The quantitative estimate of drug-likeness (QED) is 0.232. The zero-order chi connectivity index (χ0) is 30.0. The number of benzene rings is 1. The molecule has 43 heavy (non-hydrogen) atoms. The molecule has 6 rings (SSSR count). The number of hydrogen-bond acceptors (Lipinski definition) is 11. The number of carbonyl (C=O) groups is 1. The lowest BCUT2D eigenvalue weighted by Gasteiger charge is -2.30. The summed E-state index contributed by atoms with van der Waals surface area (Å²) in [7, 11) is 0. The largest absolute Gasteiger partial charge is 0.394 e. The van der Waals surface area contributed by atoms with E-state index < -0.39 is 11.6 Å². The van der Waals surface area contributed by atoms with Gasteiger partial charge in [0.25, 0.3) is 17.7 Å². The number of carbonyl (C=O) groups excluding carboxylic acids is 1. The van der Waals surface area contributed by atoms with E-state index in [0.717, 1.165) is 5.56 Å². The summed E-state index contributed by atoms with van der Waals surface area (Å²) in [5.41, 5.74) is 2.79. The van der Waals surface area contributed by atoms with Crippen LogP contribution in [0.5, 0.6) is 0 Å². The van der Waals surface area contributed by atoms with Gasteiger partial charge in [0.05, 0.1) is 53.9 Å². The van der Waals surface area contributed by atoms with Gasteiger partial charge in [-0.3, -0.25) is 4.79 Å². The summed E-state index contributed by atoms with van der Waals surface area (Å²) in [5, 5.41) is 21.2. The number of amides is 1. The van der Waals surface area contributed by atoms with Gasteiger partial charge in [-0.1, -0.05) is 36.4 Å². The maximum Gasteiger partial charge on any atom is 0.266 e. The van der Waals surface area contributed by atoms with Crippen LogP contribution in [-0.4, -0.2) is 75.5 Å². The minimum atomic E-state index is -0.595. The molecule has 3 N–H and O–H groups in total. The predicted molar refractivity (Wildman–Crippen MR) is 162 cm³/mol. The molecule has 0 radical (unpaired) electrons. The lowest BCUT2D eigenvalue weighted by atomic mass is 9.99. The van der Waals surface area contributed by atoms with E-state index in [1.165, 1.54) is 0 Å². The van der Waals surface area contributed by atoms with Crippen LogP contribution in [0.15, 0.2) is 71.9 Å². The van der Waals surface area contributed by atoms with Crippen LogP contribution in [0.1, 0.15) is 41.5 Å². The van der Waals surface area contributed by atoms with E-state index in [-0.39, 0.29) is 12.5 Å². The Morgan fingerprint density at radius 1 is 1.09 bits per heavy atom.